The highest BCUT2D eigenvalue weighted by Crippen LogP contribution is 2.32. The van der Waals surface area contributed by atoms with E-state index in [1.807, 2.05) is 36.4 Å². The van der Waals surface area contributed by atoms with Crippen molar-refractivity contribution in [1.82, 2.24) is 19.9 Å². The van der Waals surface area contributed by atoms with Crippen LogP contribution >= 0.6 is 11.6 Å². The van der Waals surface area contributed by atoms with Gasteiger partial charge in [0.2, 0.25) is 11.2 Å². The molecule has 0 amide bonds. The van der Waals surface area contributed by atoms with Crippen LogP contribution in [0, 0.1) is 0 Å². The number of alkyl halides is 6. The number of anilines is 1. The van der Waals surface area contributed by atoms with E-state index in [2.05, 4.69) is 46.9 Å². The Labute approximate surface area is 306 Å². The number of hydrogen-bond acceptors (Lipinski definition) is 12. The van der Waals surface area contributed by atoms with Gasteiger partial charge in [0.1, 0.15) is 22.6 Å². The molecule has 0 atom stereocenters. The maximum Gasteiger partial charge on any atom is 0.434 e. The number of nitrogens with zero attached hydrogens (tertiary/aromatic N) is 4. The van der Waals surface area contributed by atoms with Crippen LogP contribution in [-0.2, 0) is 34.7 Å². The van der Waals surface area contributed by atoms with E-state index in [1.165, 1.54) is 5.56 Å². The van der Waals surface area contributed by atoms with Crippen LogP contribution in [0.2, 0.25) is 5.28 Å². The van der Waals surface area contributed by atoms with Crippen molar-refractivity contribution in [3.05, 3.63) is 99.8 Å². The van der Waals surface area contributed by atoms with Crippen LogP contribution < -0.4 is 20.5 Å². The molecule has 2 heterocycles. The van der Waals surface area contributed by atoms with Crippen LogP contribution in [0.25, 0.3) is 0 Å². The first-order chi connectivity index (χ1) is 25.1. The minimum atomic E-state index is -4.79. The van der Waals surface area contributed by atoms with Gasteiger partial charge < -0.3 is 30.0 Å². The first-order valence-corrected chi connectivity index (χ1v) is 15.9. The highest BCUT2D eigenvalue weighted by Gasteiger charge is 2.39. The Kier molecular flexibility index (Phi) is 17.7. The summed E-state index contributed by atoms with van der Waals surface area (Å²) < 4.78 is 95.0. The lowest BCUT2D eigenvalue weighted by atomic mass is 10.1. The van der Waals surface area contributed by atoms with Crippen LogP contribution in [0.1, 0.15) is 56.1 Å². The molecule has 0 fully saturated rings. The zero-order valence-corrected chi connectivity index (χ0v) is 29.7. The first-order valence-electron chi connectivity index (χ1n) is 15.5. The van der Waals surface area contributed by atoms with E-state index >= 15 is 0 Å². The summed E-state index contributed by atoms with van der Waals surface area (Å²) in [5.74, 6) is -0.840. The maximum absolute atomic E-state index is 13.1. The highest BCUT2D eigenvalue weighted by molar-refractivity contribution is 6.28. The SMILES string of the molecule is COC(=O)c1cnc(Cl)nc1C(F)(F)F.COC(=O)c1cnc(NCCCc2cccc(OC)c2)nc1C(F)(F)F.COc1cccc(CCCN)c1. The van der Waals surface area contributed by atoms with Crippen molar-refractivity contribution in [2.45, 2.75) is 38.0 Å². The van der Waals surface area contributed by atoms with Crippen LogP contribution in [0.5, 0.6) is 11.5 Å². The lowest BCUT2D eigenvalue weighted by molar-refractivity contribution is -0.142. The summed E-state index contributed by atoms with van der Waals surface area (Å²) in [6.45, 7) is 1.11. The minimum Gasteiger partial charge on any atom is -0.497 e. The standard InChI is InChI=1S/C17H18F3N3O3.C10H15NO.C7H4ClF3N2O2/c1-25-12-7-3-5-11(9-12)6-4-8-21-16-22-10-13(15(24)26-2)14(23-16)17(18,19)20;1-12-10-6-2-4-9(8-10)5-3-7-11;1-15-5(14)3-2-12-6(8)13-4(3)7(9,10)11/h3,5,7,9-10H,4,6,8H2,1-2H3,(H,21,22,23);2,4,6,8H,3,5,7,11H2,1H3;2H,1H3. The Morgan fingerprint density at radius 3 is 1.66 bits per heavy atom. The van der Waals surface area contributed by atoms with Gasteiger partial charge in [0.25, 0.3) is 0 Å². The van der Waals surface area contributed by atoms with E-state index in [9.17, 15) is 35.9 Å². The van der Waals surface area contributed by atoms with Gasteiger partial charge in [0.05, 0.1) is 28.4 Å². The zero-order chi connectivity index (χ0) is 39.6. The fourth-order valence-corrected chi connectivity index (χ4v) is 4.37. The van der Waals surface area contributed by atoms with E-state index in [0.717, 1.165) is 56.9 Å². The number of esters is 2. The van der Waals surface area contributed by atoms with Crippen molar-refractivity contribution in [2.24, 2.45) is 5.73 Å². The molecule has 0 aliphatic carbocycles. The van der Waals surface area contributed by atoms with Gasteiger partial charge in [-0.05, 0) is 79.2 Å². The molecule has 12 nitrogen and oxygen atoms in total. The smallest absolute Gasteiger partial charge is 0.434 e. The number of hydrogen-bond donors (Lipinski definition) is 2. The van der Waals surface area contributed by atoms with Gasteiger partial charge in [0.15, 0.2) is 11.4 Å². The number of nitrogens with two attached hydrogens (primary N) is 1. The Morgan fingerprint density at radius 2 is 1.21 bits per heavy atom. The molecule has 0 spiro atoms. The largest absolute Gasteiger partial charge is 0.497 e. The second kappa shape index (κ2) is 21.3. The number of ether oxygens (including phenoxy) is 4. The van der Waals surface area contributed by atoms with Crippen LogP contribution in [0.3, 0.4) is 0 Å². The van der Waals surface area contributed by atoms with E-state index in [1.54, 1.807) is 14.2 Å². The lowest BCUT2D eigenvalue weighted by Crippen LogP contribution is -2.19. The summed E-state index contributed by atoms with van der Waals surface area (Å²) >= 11 is 5.20. The fourth-order valence-electron chi connectivity index (χ4n) is 4.23. The average Bonchev–Trinajstić information content (AvgIpc) is 3.15. The lowest BCUT2D eigenvalue weighted by Gasteiger charge is -2.12. The van der Waals surface area contributed by atoms with Gasteiger partial charge in [-0.25, -0.2) is 29.5 Å². The van der Waals surface area contributed by atoms with Gasteiger partial charge in [-0.3, -0.25) is 0 Å². The number of carbonyl (C=O) groups excluding carboxylic acids is 2. The molecule has 19 heteroatoms. The second-order valence-corrected chi connectivity index (χ2v) is 10.8. The molecule has 0 aliphatic rings. The first kappa shape index (κ1) is 43.9. The number of rotatable bonds is 12. The molecule has 4 rings (SSSR count). The Balaban J connectivity index is 0.000000304. The van der Waals surface area contributed by atoms with Gasteiger partial charge in [-0.2, -0.15) is 26.3 Å². The molecular weight excluding hydrogens is 738 g/mol. The molecule has 288 valence electrons. The maximum atomic E-state index is 13.1. The molecule has 2 aromatic carbocycles. The zero-order valence-electron chi connectivity index (χ0n) is 29.0. The number of aryl methyl sites for hydroxylation is 2. The summed E-state index contributed by atoms with van der Waals surface area (Å²) in [5, 5.41) is 2.15. The number of nitrogens with one attached hydrogen (secondary N) is 1. The highest BCUT2D eigenvalue weighted by atomic mass is 35.5. The Bertz CT molecular complexity index is 1780. The van der Waals surface area contributed by atoms with E-state index < -0.39 is 52.1 Å². The molecule has 3 N–H and O–H groups in total. The predicted octanol–water partition coefficient (Wildman–Crippen LogP) is 6.86. The topological polar surface area (TPSA) is 161 Å². The van der Waals surface area contributed by atoms with Crippen LogP contribution in [0.15, 0.2) is 60.9 Å². The molecular formula is C34H37ClF6N6O6. The summed E-state index contributed by atoms with van der Waals surface area (Å²) in [6, 6.07) is 15.6. The number of methoxy groups -OCH3 is 4. The summed E-state index contributed by atoms with van der Waals surface area (Å²) in [4.78, 5) is 35.8. The Hall–Kier alpha value is -5.23. The van der Waals surface area contributed by atoms with Crippen molar-refractivity contribution >= 4 is 29.5 Å². The summed E-state index contributed by atoms with van der Waals surface area (Å²) in [6.07, 6.45) is -4.66. The second-order valence-electron chi connectivity index (χ2n) is 10.5. The van der Waals surface area contributed by atoms with Gasteiger partial charge in [-0.15, -0.1) is 0 Å². The number of carbonyl (C=O) groups is 2. The third kappa shape index (κ3) is 14.7. The number of benzene rings is 2. The molecule has 0 radical (unpaired) electrons. The predicted molar refractivity (Wildman–Crippen MR) is 182 cm³/mol. The monoisotopic (exact) mass is 774 g/mol. The third-order valence-electron chi connectivity index (χ3n) is 6.76. The summed E-state index contributed by atoms with van der Waals surface area (Å²) in [5.41, 5.74) is 3.53. The Morgan fingerprint density at radius 1 is 0.736 bits per heavy atom. The van der Waals surface area contributed by atoms with Gasteiger partial charge >= 0.3 is 24.3 Å². The van der Waals surface area contributed by atoms with Crippen molar-refractivity contribution < 1.29 is 54.9 Å². The van der Waals surface area contributed by atoms with Crippen molar-refractivity contribution in [3.63, 3.8) is 0 Å². The molecule has 0 saturated heterocycles. The summed E-state index contributed by atoms with van der Waals surface area (Å²) in [7, 11) is 5.21. The van der Waals surface area contributed by atoms with E-state index in [4.69, 9.17) is 26.8 Å². The normalized spacial score (nSPS) is 10.9. The molecule has 53 heavy (non-hydrogen) atoms. The van der Waals surface area contributed by atoms with Crippen molar-refractivity contribution in [1.29, 1.82) is 0 Å². The minimum absolute atomic E-state index is 0.198. The van der Waals surface area contributed by atoms with E-state index in [0.29, 0.717) is 25.6 Å². The molecule has 0 unspecified atom stereocenters. The van der Waals surface area contributed by atoms with Crippen molar-refractivity contribution in [2.75, 3.05) is 46.8 Å². The molecule has 2 aromatic heterocycles. The van der Waals surface area contributed by atoms with Crippen LogP contribution in [-0.4, -0.2) is 73.4 Å². The quantitative estimate of drug-likeness (QED) is 0.0668. The third-order valence-corrected chi connectivity index (χ3v) is 6.94. The number of aromatic nitrogens is 4. The number of halogens is 7. The molecule has 0 bridgehead atoms. The molecule has 0 aliphatic heterocycles. The van der Waals surface area contributed by atoms with Crippen molar-refractivity contribution in [3.8, 4) is 11.5 Å². The van der Waals surface area contributed by atoms with E-state index in [-0.39, 0.29) is 5.95 Å². The van der Waals surface area contributed by atoms with Crippen LogP contribution in [0.4, 0.5) is 32.3 Å². The fraction of sp³-hybridized carbons (Fsp3) is 0.353. The van der Waals surface area contributed by atoms with Gasteiger partial charge in [-0.1, -0.05) is 24.3 Å². The average molecular weight is 775 g/mol. The van der Waals surface area contributed by atoms with Gasteiger partial charge in [0, 0.05) is 18.9 Å². The molecule has 4 aromatic rings. The molecule has 0 saturated carbocycles.